The molecule has 1 rings (SSSR count). The first-order valence-electron chi connectivity index (χ1n) is 6.47. The zero-order valence-corrected chi connectivity index (χ0v) is 12.1. The van der Waals surface area contributed by atoms with Crippen molar-refractivity contribution in [3.8, 4) is 0 Å². The van der Waals surface area contributed by atoms with Gasteiger partial charge in [0.15, 0.2) is 0 Å². The average molecular weight is 262 g/mol. The van der Waals surface area contributed by atoms with E-state index in [4.69, 9.17) is 9.47 Å². The molecule has 104 valence electrons. The van der Waals surface area contributed by atoms with Crippen molar-refractivity contribution in [3.05, 3.63) is 41.5 Å². The van der Waals surface area contributed by atoms with E-state index in [0.29, 0.717) is 18.1 Å². The van der Waals surface area contributed by atoms with Gasteiger partial charge in [0.1, 0.15) is 0 Å². The first-order valence-corrected chi connectivity index (χ1v) is 6.47. The highest BCUT2D eigenvalue weighted by molar-refractivity contribution is 5.97. The maximum atomic E-state index is 12.1. The predicted molar refractivity (Wildman–Crippen MR) is 76.7 cm³/mol. The van der Waals surface area contributed by atoms with E-state index in [1.165, 1.54) is 0 Å². The Balaban J connectivity index is 2.95. The van der Waals surface area contributed by atoms with Crippen molar-refractivity contribution in [2.75, 3.05) is 20.3 Å². The van der Waals surface area contributed by atoms with Crippen LogP contribution in [0.4, 0.5) is 0 Å². The molecule has 0 aromatic heterocycles. The minimum Gasteiger partial charge on any atom is -0.462 e. The fourth-order valence-electron chi connectivity index (χ4n) is 1.66. The molecule has 1 aromatic rings. The number of hydrogen-bond donors (Lipinski definition) is 0. The van der Waals surface area contributed by atoms with Gasteiger partial charge in [-0.3, -0.25) is 0 Å². The topological polar surface area (TPSA) is 35.5 Å². The molecule has 0 spiro atoms. The van der Waals surface area contributed by atoms with Crippen LogP contribution in [-0.2, 0) is 14.3 Å². The van der Waals surface area contributed by atoms with Crippen molar-refractivity contribution >= 4 is 11.5 Å². The number of ether oxygens (including phenoxy) is 2. The van der Waals surface area contributed by atoms with Crippen LogP contribution in [0.3, 0.4) is 0 Å². The largest absolute Gasteiger partial charge is 0.462 e. The number of methoxy groups -OCH3 is 1. The standard InChI is InChI=1S/C16H22O3/c1-12(2)10-19-16(17)15(11-18-4)13(3)14-8-6-5-7-9-14/h5-9,12H,10-11H2,1-4H3. The van der Waals surface area contributed by atoms with Crippen LogP contribution in [0.2, 0.25) is 0 Å². The minimum atomic E-state index is -0.295. The molecule has 0 unspecified atom stereocenters. The summed E-state index contributed by atoms with van der Waals surface area (Å²) >= 11 is 0. The molecule has 0 aliphatic carbocycles. The lowest BCUT2D eigenvalue weighted by molar-refractivity contribution is -0.140. The first-order chi connectivity index (χ1) is 9.06. The molecule has 0 amide bonds. The molecule has 19 heavy (non-hydrogen) atoms. The van der Waals surface area contributed by atoms with Crippen molar-refractivity contribution in [1.29, 1.82) is 0 Å². The van der Waals surface area contributed by atoms with Crippen molar-refractivity contribution in [2.45, 2.75) is 20.8 Å². The summed E-state index contributed by atoms with van der Waals surface area (Å²) in [4.78, 5) is 12.1. The van der Waals surface area contributed by atoms with Gasteiger partial charge in [-0.25, -0.2) is 4.79 Å². The summed E-state index contributed by atoms with van der Waals surface area (Å²) in [5, 5.41) is 0. The number of hydrogen-bond acceptors (Lipinski definition) is 3. The van der Waals surface area contributed by atoms with E-state index >= 15 is 0 Å². The zero-order valence-electron chi connectivity index (χ0n) is 12.1. The first kappa shape index (κ1) is 15.4. The molecule has 1 aromatic carbocycles. The fraction of sp³-hybridized carbons (Fsp3) is 0.438. The van der Waals surface area contributed by atoms with Crippen LogP contribution in [0.25, 0.3) is 5.57 Å². The van der Waals surface area contributed by atoms with E-state index in [1.807, 2.05) is 51.1 Å². The number of rotatable bonds is 6. The van der Waals surface area contributed by atoms with Crippen LogP contribution in [0.15, 0.2) is 35.9 Å². The Hall–Kier alpha value is -1.61. The Kier molecular flexibility index (Phi) is 6.30. The number of benzene rings is 1. The van der Waals surface area contributed by atoms with Gasteiger partial charge >= 0.3 is 5.97 Å². The van der Waals surface area contributed by atoms with Gasteiger partial charge in [-0.2, -0.15) is 0 Å². The van der Waals surface area contributed by atoms with Gasteiger partial charge in [-0.05, 0) is 24.0 Å². The fourth-order valence-corrected chi connectivity index (χ4v) is 1.66. The highest BCUT2D eigenvalue weighted by atomic mass is 16.5. The van der Waals surface area contributed by atoms with Gasteiger partial charge in [-0.15, -0.1) is 0 Å². The van der Waals surface area contributed by atoms with Gasteiger partial charge in [-0.1, -0.05) is 44.2 Å². The van der Waals surface area contributed by atoms with E-state index in [2.05, 4.69) is 0 Å². The van der Waals surface area contributed by atoms with E-state index in [-0.39, 0.29) is 12.6 Å². The Morgan fingerprint density at radius 3 is 2.37 bits per heavy atom. The molecule has 0 heterocycles. The van der Waals surface area contributed by atoms with Gasteiger partial charge in [0.05, 0.1) is 18.8 Å². The van der Waals surface area contributed by atoms with E-state index in [9.17, 15) is 4.79 Å². The van der Waals surface area contributed by atoms with Crippen LogP contribution in [0, 0.1) is 5.92 Å². The molecular formula is C16H22O3. The van der Waals surface area contributed by atoms with Crippen molar-refractivity contribution in [3.63, 3.8) is 0 Å². The maximum absolute atomic E-state index is 12.1. The summed E-state index contributed by atoms with van der Waals surface area (Å²) in [5.41, 5.74) is 2.49. The lowest BCUT2D eigenvalue weighted by atomic mass is 10.0. The zero-order chi connectivity index (χ0) is 14.3. The third-order valence-corrected chi connectivity index (χ3v) is 2.74. The normalized spacial score (nSPS) is 12.3. The lowest BCUT2D eigenvalue weighted by Crippen LogP contribution is -2.16. The number of esters is 1. The molecule has 0 saturated carbocycles. The molecule has 0 atom stereocenters. The molecule has 0 saturated heterocycles. The third kappa shape index (κ3) is 4.87. The molecule has 3 heteroatoms. The van der Waals surface area contributed by atoms with Crippen molar-refractivity contribution in [2.24, 2.45) is 5.92 Å². The van der Waals surface area contributed by atoms with Gasteiger partial charge < -0.3 is 9.47 Å². The summed E-state index contributed by atoms with van der Waals surface area (Å²) in [7, 11) is 1.58. The highest BCUT2D eigenvalue weighted by Crippen LogP contribution is 2.19. The molecule has 0 bridgehead atoms. The molecule has 0 aliphatic rings. The maximum Gasteiger partial charge on any atom is 0.336 e. The number of allylic oxidation sites excluding steroid dienone is 1. The Bertz CT molecular complexity index is 433. The van der Waals surface area contributed by atoms with Crippen LogP contribution in [-0.4, -0.2) is 26.3 Å². The Labute approximate surface area is 115 Å². The number of carbonyl (C=O) groups excluding carboxylic acids is 1. The second-order valence-corrected chi connectivity index (χ2v) is 4.89. The SMILES string of the molecule is COCC(C(=O)OCC(C)C)=C(C)c1ccccc1. The predicted octanol–water partition coefficient (Wildman–Crippen LogP) is 3.31. The van der Waals surface area contributed by atoms with Crippen LogP contribution in [0.1, 0.15) is 26.3 Å². The van der Waals surface area contributed by atoms with Gasteiger partial charge in [0.2, 0.25) is 0 Å². The average Bonchev–Trinajstić information content (AvgIpc) is 2.42. The molecule has 0 aliphatic heterocycles. The number of carbonyl (C=O) groups is 1. The second-order valence-electron chi connectivity index (χ2n) is 4.89. The summed E-state index contributed by atoms with van der Waals surface area (Å²) in [6, 6.07) is 9.79. The van der Waals surface area contributed by atoms with Crippen LogP contribution >= 0.6 is 0 Å². The Morgan fingerprint density at radius 1 is 1.21 bits per heavy atom. The summed E-state index contributed by atoms with van der Waals surface area (Å²) < 4.78 is 10.4. The Morgan fingerprint density at radius 2 is 1.84 bits per heavy atom. The quantitative estimate of drug-likeness (QED) is 0.583. The molecular weight excluding hydrogens is 240 g/mol. The summed E-state index contributed by atoms with van der Waals surface area (Å²) in [6.07, 6.45) is 0. The third-order valence-electron chi connectivity index (χ3n) is 2.74. The summed E-state index contributed by atoms with van der Waals surface area (Å²) in [6.45, 7) is 6.63. The smallest absolute Gasteiger partial charge is 0.336 e. The monoisotopic (exact) mass is 262 g/mol. The van der Waals surface area contributed by atoms with E-state index < -0.39 is 0 Å². The van der Waals surface area contributed by atoms with E-state index in [0.717, 1.165) is 11.1 Å². The summed E-state index contributed by atoms with van der Waals surface area (Å²) in [5.74, 6) is 0.0293. The van der Waals surface area contributed by atoms with Gasteiger partial charge in [0, 0.05) is 7.11 Å². The van der Waals surface area contributed by atoms with Crippen LogP contribution < -0.4 is 0 Å². The van der Waals surface area contributed by atoms with Crippen LogP contribution in [0.5, 0.6) is 0 Å². The minimum absolute atomic E-state index is 0.262. The van der Waals surface area contributed by atoms with Crippen molar-refractivity contribution < 1.29 is 14.3 Å². The van der Waals surface area contributed by atoms with Crippen molar-refractivity contribution in [1.82, 2.24) is 0 Å². The molecule has 3 nitrogen and oxygen atoms in total. The molecule has 0 radical (unpaired) electrons. The highest BCUT2D eigenvalue weighted by Gasteiger charge is 2.16. The molecule has 0 fully saturated rings. The lowest BCUT2D eigenvalue weighted by Gasteiger charge is -2.13. The second kappa shape index (κ2) is 7.74. The molecule has 0 N–H and O–H groups in total. The van der Waals surface area contributed by atoms with Gasteiger partial charge in [0.25, 0.3) is 0 Å². The van der Waals surface area contributed by atoms with E-state index in [1.54, 1.807) is 7.11 Å².